The highest BCUT2D eigenvalue weighted by Crippen LogP contribution is 1.97. The molecule has 0 aromatic carbocycles. The highest BCUT2D eigenvalue weighted by molar-refractivity contribution is 5.33. The summed E-state index contributed by atoms with van der Waals surface area (Å²) in [6, 6.07) is 0. The molecule has 0 aliphatic heterocycles. The summed E-state index contributed by atoms with van der Waals surface area (Å²) in [5.74, 6) is -0.385. The molecule has 6 nitrogen and oxygen atoms in total. The zero-order valence-electron chi connectivity index (χ0n) is 5.94. The van der Waals surface area contributed by atoms with Gasteiger partial charge in [-0.25, -0.2) is 5.73 Å². The fourth-order valence-corrected chi connectivity index (χ4v) is 0.644. The van der Waals surface area contributed by atoms with Crippen LogP contribution in [0.15, 0.2) is 12.4 Å². The van der Waals surface area contributed by atoms with E-state index in [0.717, 1.165) is 0 Å². The van der Waals surface area contributed by atoms with Gasteiger partial charge in [0, 0.05) is 7.05 Å². The van der Waals surface area contributed by atoms with Gasteiger partial charge in [-0.2, -0.15) is 0 Å². The molecule has 6 heteroatoms. The van der Waals surface area contributed by atoms with Gasteiger partial charge >= 0.3 is 5.95 Å². The molecule has 0 unspecified atom stereocenters. The minimum Gasteiger partial charge on any atom is -0.675 e. The predicted molar refractivity (Wildman–Crippen MR) is 38.3 cm³/mol. The Balaban J connectivity index is 3.21. The van der Waals surface area contributed by atoms with Crippen LogP contribution >= 0.6 is 0 Å². The van der Waals surface area contributed by atoms with Crippen LogP contribution in [-0.2, 0) is 0 Å². The second-order valence-corrected chi connectivity index (χ2v) is 1.97. The van der Waals surface area contributed by atoms with Gasteiger partial charge in [0.2, 0.25) is 0 Å². The molecule has 1 aromatic rings. The van der Waals surface area contributed by atoms with Crippen LogP contribution in [0.2, 0.25) is 0 Å². The first-order valence-electron chi connectivity index (χ1n) is 2.94. The van der Waals surface area contributed by atoms with Gasteiger partial charge in [-0.3, -0.25) is 0 Å². The Morgan fingerprint density at radius 1 is 1.36 bits per heavy atom. The monoisotopic (exact) mass is 156 g/mol. The van der Waals surface area contributed by atoms with Crippen molar-refractivity contribution < 1.29 is 9.46 Å². The average molecular weight is 156 g/mol. The molecule has 3 N–H and O–H groups in total. The molecule has 0 bridgehead atoms. The number of nitrogens with two attached hydrogens (primary N) is 1. The van der Waals surface area contributed by atoms with E-state index >= 15 is 0 Å². The third-order valence-corrected chi connectivity index (χ3v) is 1.25. The van der Waals surface area contributed by atoms with Crippen LogP contribution in [0.3, 0.4) is 0 Å². The van der Waals surface area contributed by atoms with Crippen LogP contribution < -0.4 is 20.5 Å². The van der Waals surface area contributed by atoms with Crippen LogP contribution in [0.1, 0.15) is 0 Å². The highest BCUT2D eigenvalue weighted by Gasteiger charge is 2.09. The number of rotatable bonds is 1. The Kier molecular flexibility index (Phi) is 1.67. The van der Waals surface area contributed by atoms with Gasteiger partial charge in [0.25, 0.3) is 0 Å². The summed E-state index contributed by atoms with van der Waals surface area (Å²) in [6.07, 6.45) is 2.37. The number of nitrogens with one attached hydrogen (secondary N) is 1. The number of nitrogen functional groups attached to an aromatic ring is 1. The molecule has 0 spiro atoms. The van der Waals surface area contributed by atoms with E-state index in [4.69, 9.17) is 5.73 Å². The molecule has 1 rings (SSSR count). The van der Waals surface area contributed by atoms with Crippen molar-refractivity contribution in [3.63, 3.8) is 0 Å². The van der Waals surface area contributed by atoms with Gasteiger partial charge in [-0.15, -0.1) is 9.46 Å². The lowest BCUT2D eigenvalue weighted by atomic mass is 10.5. The molecule has 0 aliphatic rings. The van der Waals surface area contributed by atoms with Gasteiger partial charge in [-0.1, -0.05) is 0 Å². The topological polar surface area (TPSA) is 91.9 Å². The first-order chi connectivity index (χ1) is 5.15. The lowest BCUT2D eigenvalue weighted by Crippen LogP contribution is -2.45. The second kappa shape index (κ2) is 2.49. The molecule has 1 heterocycles. The van der Waals surface area contributed by atoms with Crippen molar-refractivity contribution in [3.05, 3.63) is 22.8 Å². The predicted octanol–water partition coefficient (Wildman–Crippen LogP) is -1.42. The summed E-state index contributed by atoms with van der Waals surface area (Å²) in [5, 5.41) is 24.1. The van der Waals surface area contributed by atoms with Crippen LogP contribution in [0.4, 0.5) is 11.6 Å². The van der Waals surface area contributed by atoms with Crippen LogP contribution in [0, 0.1) is 10.4 Å². The summed E-state index contributed by atoms with van der Waals surface area (Å²) >= 11 is 0. The molecular formula is C5H8N4O2. The Hall–Kier alpha value is -1.72. The van der Waals surface area contributed by atoms with Crippen LogP contribution in [-0.4, -0.2) is 7.05 Å². The number of nitrogens with zero attached hydrogens (tertiary/aromatic N) is 2. The quantitative estimate of drug-likeness (QED) is 0.385. The molecule has 0 amide bonds. The lowest BCUT2D eigenvalue weighted by molar-refractivity contribution is -0.717. The fraction of sp³-hybridized carbons (Fsp3) is 0.200. The molecule has 0 saturated carbocycles. The molecular weight excluding hydrogens is 148 g/mol. The summed E-state index contributed by atoms with van der Waals surface area (Å²) in [7, 11) is 1.60. The van der Waals surface area contributed by atoms with Gasteiger partial charge in [-0.05, 0) is 0 Å². The maximum Gasteiger partial charge on any atom is 0.535 e. The third-order valence-electron chi connectivity index (χ3n) is 1.25. The standard InChI is InChI=1S/C5H8N4O2/c1-7-4-2-8(10)5(6)9(11)3-4/h2-3,7H,6H2,1H3. The van der Waals surface area contributed by atoms with Crippen LogP contribution in [0.25, 0.3) is 0 Å². The lowest BCUT2D eigenvalue weighted by Gasteiger charge is -2.06. The van der Waals surface area contributed by atoms with E-state index in [9.17, 15) is 10.4 Å². The van der Waals surface area contributed by atoms with Crippen molar-refractivity contribution in [2.45, 2.75) is 0 Å². The van der Waals surface area contributed by atoms with Crippen molar-refractivity contribution in [3.8, 4) is 0 Å². The van der Waals surface area contributed by atoms with E-state index in [0.29, 0.717) is 15.1 Å². The van der Waals surface area contributed by atoms with Gasteiger partial charge in [0.1, 0.15) is 5.69 Å². The molecule has 1 aromatic heterocycles. The van der Waals surface area contributed by atoms with E-state index in [1.807, 2.05) is 0 Å². The van der Waals surface area contributed by atoms with Gasteiger partial charge < -0.3 is 15.7 Å². The molecule has 0 fully saturated rings. The molecule has 0 radical (unpaired) electrons. The largest absolute Gasteiger partial charge is 0.675 e. The molecule has 11 heavy (non-hydrogen) atoms. The van der Waals surface area contributed by atoms with E-state index in [1.54, 1.807) is 7.05 Å². The Morgan fingerprint density at radius 2 is 1.82 bits per heavy atom. The Morgan fingerprint density at radius 3 is 2.18 bits per heavy atom. The van der Waals surface area contributed by atoms with E-state index in [-0.39, 0.29) is 5.95 Å². The molecule has 60 valence electrons. The van der Waals surface area contributed by atoms with E-state index < -0.39 is 0 Å². The number of hydrogen-bond donors (Lipinski definition) is 2. The minimum absolute atomic E-state index is 0.304. The van der Waals surface area contributed by atoms with Crippen molar-refractivity contribution in [2.24, 2.45) is 0 Å². The Bertz CT molecular complexity index is 252. The molecule has 0 saturated heterocycles. The first kappa shape index (κ1) is 7.39. The normalized spacial score (nSPS) is 9.55. The number of hydrogen-bond acceptors (Lipinski definition) is 4. The third kappa shape index (κ3) is 1.23. The summed E-state index contributed by atoms with van der Waals surface area (Å²) in [4.78, 5) is 0. The fourth-order valence-electron chi connectivity index (χ4n) is 0.644. The van der Waals surface area contributed by atoms with E-state index in [2.05, 4.69) is 5.32 Å². The highest BCUT2D eigenvalue weighted by atomic mass is 16.5. The number of aromatic nitrogens is 2. The Labute approximate surface area is 63.0 Å². The second-order valence-electron chi connectivity index (χ2n) is 1.97. The van der Waals surface area contributed by atoms with Crippen LogP contribution in [0.5, 0.6) is 0 Å². The zero-order valence-corrected chi connectivity index (χ0v) is 5.94. The zero-order chi connectivity index (χ0) is 8.43. The first-order valence-corrected chi connectivity index (χ1v) is 2.94. The van der Waals surface area contributed by atoms with Gasteiger partial charge in [0.15, 0.2) is 12.4 Å². The van der Waals surface area contributed by atoms with Crippen molar-refractivity contribution in [1.29, 1.82) is 0 Å². The van der Waals surface area contributed by atoms with Crippen molar-refractivity contribution in [2.75, 3.05) is 18.1 Å². The molecule has 0 atom stereocenters. The maximum absolute atomic E-state index is 10.8. The number of anilines is 2. The SMILES string of the molecule is CNc1c[n+]([O-])c(N)[n+]([O-])c1. The minimum atomic E-state index is -0.385. The molecule has 0 aliphatic carbocycles. The summed E-state index contributed by atoms with van der Waals surface area (Å²) in [5.41, 5.74) is 5.50. The maximum atomic E-state index is 10.8. The van der Waals surface area contributed by atoms with Crippen molar-refractivity contribution in [1.82, 2.24) is 0 Å². The average Bonchev–Trinajstić information content (AvgIpc) is 1.99. The van der Waals surface area contributed by atoms with E-state index in [1.165, 1.54) is 12.4 Å². The smallest absolute Gasteiger partial charge is 0.535 e. The van der Waals surface area contributed by atoms with Crippen molar-refractivity contribution >= 4 is 11.6 Å². The van der Waals surface area contributed by atoms with Gasteiger partial charge in [0.05, 0.1) is 0 Å². The summed E-state index contributed by atoms with van der Waals surface area (Å²) < 4.78 is 0.609. The summed E-state index contributed by atoms with van der Waals surface area (Å²) in [6.45, 7) is 0.